The molecule has 20 heteroatoms. The van der Waals surface area contributed by atoms with Gasteiger partial charge in [0.05, 0.1) is 34.2 Å². The predicted molar refractivity (Wildman–Crippen MR) is 273 cm³/mol. The van der Waals surface area contributed by atoms with Crippen molar-refractivity contribution in [2.45, 2.75) is 93.9 Å². The van der Waals surface area contributed by atoms with Gasteiger partial charge >= 0.3 is 12.1 Å². The second-order valence-electron chi connectivity index (χ2n) is 21.2. The number of hydrogen-bond acceptors (Lipinski definition) is 15. The number of likely N-dealkylation sites (tertiary alicyclic amines) is 1. The van der Waals surface area contributed by atoms with Crippen LogP contribution in [0.1, 0.15) is 90.5 Å². The van der Waals surface area contributed by atoms with Gasteiger partial charge in [0.25, 0.3) is 11.8 Å². The summed E-state index contributed by atoms with van der Waals surface area (Å²) in [4.78, 5) is 85.8. The Morgan fingerprint density at radius 2 is 1.76 bits per heavy atom. The number of ether oxygens (including phenoxy) is 3. The number of pyridine rings is 1. The molecule has 0 saturated carbocycles. The molecule has 18 nitrogen and oxygen atoms in total. The van der Waals surface area contributed by atoms with Gasteiger partial charge in [-0.25, -0.2) is 13.6 Å². The average molecular weight is 1040 g/mol. The van der Waals surface area contributed by atoms with Gasteiger partial charge in [0.1, 0.15) is 53.6 Å². The van der Waals surface area contributed by atoms with Gasteiger partial charge in [-0.3, -0.25) is 39.3 Å². The van der Waals surface area contributed by atoms with Crippen LogP contribution >= 0.6 is 0 Å². The van der Waals surface area contributed by atoms with E-state index in [1.807, 2.05) is 0 Å². The number of carbonyl (C=O) groups excluding carboxylic acids is 5. The van der Waals surface area contributed by atoms with Gasteiger partial charge in [0, 0.05) is 74.4 Å². The minimum absolute atomic E-state index is 0.0224. The molecule has 5 atom stereocenters. The topological polar surface area (TPSA) is 209 Å². The number of terminal acetylenes is 1. The Labute approximate surface area is 435 Å². The summed E-state index contributed by atoms with van der Waals surface area (Å²) in [5, 5.41) is 17.6. The van der Waals surface area contributed by atoms with E-state index in [0.29, 0.717) is 62.2 Å². The Bertz CT molecular complexity index is 3330. The van der Waals surface area contributed by atoms with Crippen molar-refractivity contribution in [1.82, 2.24) is 40.3 Å². The molecule has 3 N–H and O–H groups in total. The van der Waals surface area contributed by atoms with Gasteiger partial charge in [-0.1, -0.05) is 30.2 Å². The first-order valence-electron chi connectivity index (χ1n) is 26.0. The Kier molecular flexibility index (Phi) is 12.6. The molecule has 3 aromatic carbocycles. The predicted octanol–water partition coefficient (Wildman–Crippen LogP) is 6.01. The highest BCUT2D eigenvalue weighted by atomic mass is 19.1. The van der Waals surface area contributed by atoms with Crippen LogP contribution in [0.5, 0.6) is 17.5 Å². The molecule has 5 amide bonds. The Morgan fingerprint density at radius 3 is 2.54 bits per heavy atom. The summed E-state index contributed by atoms with van der Waals surface area (Å²) in [7, 11) is 0. The number of phenolic OH excluding ortho intramolecular Hbond substituents is 1. The van der Waals surface area contributed by atoms with Crippen LogP contribution in [0.3, 0.4) is 0 Å². The number of nitrogens with one attached hydrogen (secondary N) is 2. The molecule has 76 heavy (non-hydrogen) atoms. The molecule has 5 aromatic rings. The molecule has 6 fully saturated rings. The van der Waals surface area contributed by atoms with Crippen molar-refractivity contribution in [3.8, 4) is 41.1 Å². The minimum atomic E-state index is -1.07. The number of imide groups is 2. The van der Waals surface area contributed by atoms with E-state index >= 15 is 8.78 Å². The van der Waals surface area contributed by atoms with Gasteiger partial charge in [-0.2, -0.15) is 9.97 Å². The smallest absolute Gasteiger partial charge is 0.409 e. The Hall–Kier alpha value is -7.76. The molecule has 392 valence electrons. The molecule has 0 spiro atoms. The standard InChI is InChI=1S/C56H55F2N9O9/c1-3-37-41(57)10-7-32-21-36(68)22-39(45(32)37)48-47(58)49-40(24-59-48)50(65-26-33-8-9-34(27-65)60-33)63-54(62-49)76-29-56-17-13-35(66(56)25-30(2)23-56)28-75-55(73)64-18-14-31(15-19-64)16-20-74-43-6-4-5-38-46(43)53(72)67(52(38)71)42-11-12-44(69)61-51(42)70/h1,4-7,10,21-22,24,31,33-35,42,60,68H,2,8-9,11-20,23,25-29H2,(H,61,69,70). The zero-order valence-corrected chi connectivity index (χ0v) is 41.6. The van der Waals surface area contributed by atoms with E-state index in [1.54, 1.807) is 17.0 Å². The number of amides is 5. The number of piperidine rings is 2. The number of nitrogens with zero attached hydrogens (tertiary/aromatic N) is 7. The Morgan fingerprint density at radius 1 is 0.961 bits per heavy atom. The second kappa shape index (κ2) is 19.4. The molecule has 7 aliphatic heterocycles. The fourth-order valence-corrected chi connectivity index (χ4v) is 12.8. The number of piperazine rings is 1. The van der Waals surface area contributed by atoms with Crippen molar-refractivity contribution in [3.63, 3.8) is 0 Å². The van der Waals surface area contributed by atoms with E-state index in [4.69, 9.17) is 30.6 Å². The number of carbonyl (C=O) groups is 5. The lowest BCUT2D eigenvalue weighted by atomic mass is 9.94. The van der Waals surface area contributed by atoms with E-state index in [1.165, 1.54) is 36.5 Å². The normalized spacial score (nSPS) is 24.6. The average Bonchev–Trinajstić information content (AvgIpc) is 4.24. The van der Waals surface area contributed by atoms with Gasteiger partial charge in [0.15, 0.2) is 5.82 Å². The lowest BCUT2D eigenvalue weighted by Gasteiger charge is -2.35. The molecule has 0 radical (unpaired) electrons. The molecule has 2 aromatic heterocycles. The maximum atomic E-state index is 17.3. The molecule has 9 heterocycles. The second-order valence-corrected chi connectivity index (χ2v) is 21.2. The molecule has 0 aliphatic carbocycles. The zero-order valence-electron chi connectivity index (χ0n) is 41.6. The molecule has 6 saturated heterocycles. The summed E-state index contributed by atoms with van der Waals surface area (Å²) in [6, 6.07) is 9.49. The summed E-state index contributed by atoms with van der Waals surface area (Å²) in [6.45, 7) is 7.80. The number of rotatable bonds is 12. The van der Waals surface area contributed by atoms with Crippen LogP contribution in [0.15, 0.2) is 60.8 Å². The van der Waals surface area contributed by atoms with Crippen molar-refractivity contribution in [2.75, 3.05) is 57.4 Å². The van der Waals surface area contributed by atoms with Crippen LogP contribution in [0.25, 0.3) is 32.9 Å². The maximum absolute atomic E-state index is 17.3. The van der Waals surface area contributed by atoms with Gasteiger partial charge < -0.3 is 34.4 Å². The Balaban J connectivity index is 0.693. The maximum Gasteiger partial charge on any atom is 0.409 e. The van der Waals surface area contributed by atoms with Crippen molar-refractivity contribution in [3.05, 3.63) is 89.1 Å². The number of fused-ring (bicyclic) bond motifs is 6. The van der Waals surface area contributed by atoms with Gasteiger partial charge in [0.2, 0.25) is 11.8 Å². The molecule has 7 aliphatic rings. The zero-order chi connectivity index (χ0) is 52.6. The number of anilines is 1. The van der Waals surface area contributed by atoms with E-state index in [2.05, 4.69) is 37.9 Å². The highest BCUT2D eigenvalue weighted by Crippen LogP contribution is 2.45. The van der Waals surface area contributed by atoms with Crippen LogP contribution in [0.2, 0.25) is 0 Å². The summed E-state index contributed by atoms with van der Waals surface area (Å²) < 4.78 is 51.0. The van der Waals surface area contributed by atoms with Crippen molar-refractivity contribution < 1.29 is 52.1 Å². The molecule has 5 unspecified atom stereocenters. The van der Waals surface area contributed by atoms with Crippen molar-refractivity contribution in [1.29, 1.82) is 0 Å². The van der Waals surface area contributed by atoms with Gasteiger partial charge in [-0.05, 0) is 99.4 Å². The fraction of sp³-hybridized carbons (Fsp3) is 0.429. The van der Waals surface area contributed by atoms with Gasteiger partial charge in [-0.15, -0.1) is 6.42 Å². The first-order valence-corrected chi connectivity index (χ1v) is 26.0. The summed E-state index contributed by atoms with van der Waals surface area (Å²) >= 11 is 0. The number of hydrogen-bond donors (Lipinski definition) is 3. The van der Waals surface area contributed by atoms with Crippen LogP contribution in [-0.4, -0.2) is 147 Å². The minimum Gasteiger partial charge on any atom is -0.508 e. The quantitative estimate of drug-likeness (QED) is 0.0743. The molecule has 12 rings (SSSR count). The third-order valence-corrected chi connectivity index (χ3v) is 16.5. The number of halogens is 2. The highest BCUT2D eigenvalue weighted by Gasteiger charge is 2.52. The third-order valence-electron chi connectivity index (χ3n) is 16.5. The number of aromatic nitrogens is 3. The molecule has 2 bridgehead atoms. The summed E-state index contributed by atoms with van der Waals surface area (Å²) in [6.07, 6.45) is 13.2. The lowest BCUT2D eigenvalue weighted by Crippen LogP contribution is -2.54. The van der Waals surface area contributed by atoms with Crippen LogP contribution in [0, 0.1) is 29.9 Å². The fourth-order valence-electron chi connectivity index (χ4n) is 12.8. The first kappa shape index (κ1) is 49.1. The lowest BCUT2D eigenvalue weighted by molar-refractivity contribution is -0.136. The number of benzene rings is 3. The van der Waals surface area contributed by atoms with E-state index in [0.717, 1.165) is 49.0 Å². The van der Waals surface area contributed by atoms with Crippen LogP contribution in [-0.2, 0) is 14.3 Å². The third kappa shape index (κ3) is 8.68. The first-order chi connectivity index (χ1) is 36.7. The monoisotopic (exact) mass is 1040 g/mol. The highest BCUT2D eigenvalue weighted by molar-refractivity contribution is 6.24. The summed E-state index contributed by atoms with van der Waals surface area (Å²) in [5.41, 5.74) is 0.594. The van der Waals surface area contributed by atoms with E-state index in [-0.39, 0.29) is 113 Å². The molecular formula is C56H55F2N9O9. The SMILES string of the molecule is C#Cc1c(F)ccc2cc(O)cc(-c3ncc4c(N5CC6CCC(C5)N6)nc(OCC56CCC(COC(=O)N7CCC(CCOc8cccc9c8C(=O)N(C8CCC(=O)NC8=O)C9=O)CC7)N5CC(=C)C6)nc4c3F)c12. The van der Waals surface area contributed by atoms with Crippen molar-refractivity contribution in [2.24, 2.45) is 5.92 Å². The summed E-state index contributed by atoms with van der Waals surface area (Å²) in [5.74, 6) is -0.606. The van der Waals surface area contributed by atoms with Crippen LogP contribution in [0.4, 0.5) is 19.4 Å². The van der Waals surface area contributed by atoms with Crippen LogP contribution < -0.4 is 25.0 Å². The van der Waals surface area contributed by atoms with Crippen molar-refractivity contribution >= 4 is 57.2 Å². The van der Waals surface area contributed by atoms with E-state index < -0.39 is 52.9 Å². The number of aromatic hydroxyl groups is 1. The molecular weight excluding hydrogens is 981 g/mol. The number of phenols is 1. The largest absolute Gasteiger partial charge is 0.508 e. The van der Waals surface area contributed by atoms with E-state index in [9.17, 15) is 29.1 Å².